The lowest BCUT2D eigenvalue weighted by Gasteiger charge is -2.16. The molecule has 1 aromatic carbocycles. The summed E-state index contributed by atoms with van der Waals surface area (Å²) in [5.41, 5.74) is 0.743. The number of benzene rings is 1. The van der Waals surface area contributed by atoms with Crippen LogP contribution in [-0.4, -0.2) is 25.3 Å². The maximum Gasteiger partial charge on any atom is 0.228 e. The van der Waals surface area contributed by atoms with E-state index in [2.05, 4.69) is 0 Å². The smallest absolute Gasteiger partial charge is 0.228 e. The lowest BCUT2D eigenvalue weighted by molar-refractivity contribution is 0.0880. The van der Waals surface area contributed by atoms with E-state index >= 15 is 0 Å². The highest BCUT2D eigenvalue weighted by atomic mass is 16.5. The third-order valence-corrected chi connectivity index (χ3v) is 2.98. The number of carbonyl (C=O) groups is 2. The van der Waals surface area contributed by atoms with Crippen LogP contribution in [0.2, 0.25) is 0 Å². The predicted molar refractivity (Wildman–Crippen MR) is 70.6 cm³/mol. The van der Waals surface area contributed by atoms with E-state index in [1.165, 1.54) is 13.2 Å². The second kappa shape index (κ2) is 5.69. The van der Waals surface area contributed by atoms with Crippen LogP contribution in [0.5, 0.6) is 5.75 Å². The number of Topliss-reactive ketones (excluding diaryl/α,β-unsaturated/α-hetero) is 1. The number of fused-ring (bicyclic) bond motifs is 1. The number of ether oxygens (including phenoxy) is 2. The standard InChI is InChI=1S/C15H16O4/c1-3-4-7-19-14-9-13(16)11-6-5-10(18-2)8-12(11)15(14)17/h5-6,8-9H,3-4,7H2,1-2H3. The van der Waals surface area contributed by atoms with E-state index < -0.39 is 0 Å². The van der Waals surface area contributed by atoms with Crippen LogP contribution in [-0.2, 0) is 4.74 Å². The van der Waals surface area contributed by atoms with E-state index in [1.54, 1.807) is 18.2 Å². The molecule has 2 rings (SSSR count). The Morgan fingerprint density at radius 1 is 1.16 bits per heavy atom. The highest BCUT2D eigenvalue weighted by Crippen LogP contribution is 2.26. The average Bonchev–Trinajstić information content (AvgIpc) is 2.43. The number of unbranched alkanes of at least 4 members (excludes halogenated alkanes) is 1. The third-order valence-electron chi connectivity index (χ3n) is 2.98. The summed E-state index contributed by atoms with van der Waals surface area (Å²) in [4.78, 5) is 24.1. The third kappa shape index (κ3) is 2.67. The molecule has 0 saturated carbocycles. The monoisotopic (exact) mass is 260 g/mol. The maximum absolute atomic E-state index is 12.2. The van der Waals surface area contributed by atoms with Gasteiger partial charge in [-0.2, -0.15) is 0 Å². The summed E-state index contributed by atoms with van der Waals surface area (Å²) in [6.07, 6.45) is 3.09. The number of allylic oxidation sites excluding steroid dienone is 2. The molecule has 0 heterocycles. The zero-order chi connectivity index (χ0) is 13.8. The van der Waals surface area contributed by atoms with Gasteiger partial charge < -0.3 is 9.47 Å². The topological polar surface area (TPSA) is 52.6 Å². The minimum absolute atomic E-state index is 0.124. The van der Waals surface area contributed by atoms with Gasteiger partial charge in [-0.25, -0.2) is 0 Å². The number of hydrogen-bond acceptors (Lipinski definition) is 4. The summed E-state index contributed by atoms with van der Waals surface area (Å²) >= 11 is 0. The van der Waals surface area contributed by atoms with Crippen molar-refractivity contribution in [3.8, 4) is 5.75 Å². The van der Waals surface area contributed by atoms with Crippen molar-refractivity contribution in [3.63, 3.8) is 0 Å². The van der Waals surface area contributed by atoms with Crippen LogP contribution in [0.3, 0.4) is 0 Å². The van der Waals surface area contributed by atoms with Gasteiger partial charge in [0.2, 0.25) is 5.78 Å². The first-order chi connectivity index (χ1) is 9.17. The molecular weight excluding hydrogens is 244 g/mol. The first-order valence-corrected chi connectivity index (χ1v) is 6.29. The van der Waals surface area contributed by atoms with Crippen LogP contribution in [0.15, 0.2) is 30.0 Å². The maximum atomic E-state index is 12.2. The van der Waals surface area contributed by atoms with E-state index in [0.717, 1.165) is 12.8 Å². The van der Waals surface area contributed by atoms with Gasteiger partial charge in [-0.15, -0.1) is 0 Å². The van der Waals surface area contributed by atoms with Crippen molar-refractivity contribution in [2.75, 3.05) is 13.7 Å². The summed E-state index contributed by atoms with van der Waals surface area (Å²) in [7, 11) is 1.52. The van der Waals surface area contributed by atoms with E-state index in [9.17, 15) is 9.59 Å². The van der Waals surface area contributed by atoms with Crippen molar-refractivity contribution in [3.05, 3.63) is 41.2 Å². The fourth-order valence-electron chi connectivity index (χ4n) is 1.88. The van der Waals surface area contributed by atoms with E-state index in [-0.39, 0.29) is 17.3 Å². The Morgan fingerprint density at radius 2 is 1.95 bits per heavy atom. The van der Waals surface area contributed by atoms with Gasteiger partial charge in [0.25, 0.3) is 0 Å². The summed E-state index contributed by atoms with van der Waals surface area (Å²) in [6.45, 7) is 2.48. The van der Waals surface area contributed by atoms with Gasteiger partial charge in [0, 0.05) is 17.2 Å². The van der Waals surface area contributed by atoms with Crippen molar-refractivity contribution < 1.29 is 19.1 Å². The van der Waals surface area contributed by atoms with Gasteiger partial charge in [0.05, 0.1) is 13.7 Å². The van der Waals surface area contributed by atoms with Gasteiger partial charge >= 0.3 is 0 Å². The quantitative estimate of drug-likeness (QED) is 0.764. The molecular formula is C15H16O4. The first-order valence-electron chi connectivity index (χ1n) is 6.29. The molecule has 0 radical (unpaired) electrons. The minimum atomic E-state index is -0.260. The molecule has 0 fully saturated rings. The number of carbonyl (C=O) groups excluding carboxylic acids is 2. The Hall–Kier alpha value is -2.10. The summed E-state index contributed by atoms with van der Waals surface area (Å²) < 4.78 is 10.5. The van der Waals surface area contributed by atoms with Gasteiger partial charge in [0.1, 0.15) is 5.75 Å². The van der Waals surface area contributed by atoms with Crippen molar-refractivity contribution in [1.82, 2.24) is 0 Å². The Bertz CT molecular complexity index is 543. The summed E-state index contributed by atoms with van der Waals surface area (Å²) in [6, 6.07) is 4.85. The summed E-state index contributed by atoms with van der Waals surface area (Å²) in [5, 5.41) is 0. The zero-order valence-electron chi connectivity index (χ0n) is 11.1. The summed E-state index contributed by atoms with van der Waals surface area (Å²) in [5.74, 6) is 0.210. The van der Waals surface area contributed by atoms with Crippen LogP contribution in [0, 0.1) is 0 Å². The molecule has 0 unspecified atom stereocenters. The lowest BCUT2D eigenvalue weighted by Crippen LogP contribution is -2.19. The van der Waals surface area contributed by atoms with Crippen LogP contribution < -0.4 is 4.74 Å². The fraction of sp³-hybridized carbons (Fsp3) is 0.333. The normalized spacial score (nSPS) is 13.9. The molecule has 4 nitrogen and oxygen atoms in total. The van der Waals surface area contributed by atoms with Crippen molar-refractivity contribution in [2.24, 2.45) is 0 Å². The molecule has 0 N–H and O–H groups in total. The van der Waals surface area contributed by atoms with Crippen LogP contribution in [0.4, 0.5) is 0 Å². The number of hydrogen-bond donors (Lipinski definition) is 0. The predicted octanol–water partition coefficient (Wildman–Crippen LogP) is 2.77. The van der Waals surface area contributed by atoms with Gasteiger partial charge in [-0.3, -0.25) is 9.59 Å². The number of methoxy groups -OCH3 is 1. The van der Waals surface area contributed by atoms with Crippen LogP contribution in [0.1, 0.15) is 40.5 Å². The molecule has 100 valence electrons. The zero-order valence-corrected chi connectivity index (χ0v) is 11.1. The first kappa shape index (κ1) is 13.3. The highest BCUT2D eigenvalue weighted by Gasteiger charge is 2.27. The highest BCUT2D eigenvalue weighted by molar-refractivity contribution is 6.23. The van der Waals surface area contributed by atoms with E-state index in [0.29, 0.717) is 23.5 Å². The van der Waals surface area contributed by atoms with Crippen LogP contribution in [0.25, 0.3) is 0 Å². The van der Waals surface area contributed by atoms with Crippen molar-refractivity contribution in [1.29, 1.82) is 0 Å². The Balaban J connectivity index is 2.28. The number of ketones is 2. The second-order valence-electron chi connectivity index (χ2n) is 4.32. The van der Waals surface area contributed by atoms with Gasteiger partial charge in [0.15, 0.2) is 11.5 Å². The fourth-order valence-corrected chi connectivity index (χ4v) is 1.88. The molecule has 1 aliphatic carbocycles. The second-order valence-corrected chi connectivity index (χ2v) is 4.32. The molecule has 0 saturated heterocycles. The Labute approximate surface area is 112 Å². The SMILES string of the molecule is CCCCOC1=CC(=O)c2ccc(OC)cc2C1=O. The van der Waals surface area contributed by atoms with Crippen LogP contribution >= 0.6 is 0 Å². The molecule has 0 spiro atoms. The van der Waals surface area contributed by atoms with Gasteiger partial charge in [-0.05, 0) is 24.6 Å². The molecule has 0 aromatic heterocycles. The Morgan fingerprint density at radius 3 is 2.63 bits per heavy atom. The molecule has 4 heteroatoms. The lowest BCUT2D eigenvalue weighted by atomic mass is 9.93. The molecule has 19 heavy (non-hydrogen) atoms. The van der Waals surface area contributed by atoms with Crippen molar-refractivity contribution in [2.45, 2.75) is 19.8 Å². The van der Waals surface area contributed by atoms with E-state index in [4.69, 9.17) is 9.47 Å². The molecule has 0 atom stereocenters. The number of rotatable bonds is 5. The molecule has 0 amide bonds. The minimum Gasteiger partial charge on any atom is -0.497 e. The van der Waals surface area contributed by atoms with E-state index in [1.807, 2.05) is 6.92 Å². The van der Waals surface area contributed by atoms with Crippen molar-refractivity contribution >= 4 is 11.6 Å². The average molecular weight is 260 g/mol. The Kier molecular flexibility index (Phi) is 4.00. The van der Waals surface area contributed by atoms with Gasteiger partial charge in [-0.1, -0.05) is 13.3 Å². The molecule has 0 bridgehead atoms. The molecule has 1 aromatic rings. The molecule has 1 aliphatic rings. The largest absolute Gasteiger partial charge is 0.497 e. The molecule has 0 aliphatic heterocycles.